The second-order valence-electron chi connectivity index (χ2n) is 4.98. The Hall–Kier alpha value is -2.20. The Morgan fingerprint density at radius 1 is 1.24 bits per heavy atom. The quantitative estimate of drug-likeness (QED) is 0.837. The molecule has 1 aliphatic heterocycles. The summed E-state index contributed by atoms with van der Waals surface area (Å²) >= 11 is 6.08. The van der Waals surface area contributed by atoms with E-state index in [1.54, 1.807) is 18.2 Å². The lowest BCUT2D eigenvalue weighted by Crippen LogP contribution is -2.31. The number of amides is 1. The molecule has 0 saturated carbocycles. The van der Waals surface area contributed by atoms with Gasteiger partial charge in [0.2, 0.25) is 0 Å². The summed E-state index contributed by atoms with van der Waals surface area (Å²) in [6.07, 6.45) is 0.768. The van der Waals surface area contributed by atoms with Gasteiger partial charge in [-0.05, 0) is 36.6 Å². The molecule has 2 aromatic carbocycles. The van der Waals surface area contributed by atoms with Crippen LogP contribution in [0.2, 0.25) is 5.02 Å². The highest BCUT2D eigenvalue weighted by Crippen LogP contribution is 2.30. The summed E-state index contributed by atoms with van der Waals surface area (Å²) in [6, 6.07) is 12.7. The van der Waals surface area contributed by atoms with E-state index in [-0.39, 0.29) is 5.91 Å². The van der Waals surface area contributed by atoms with Gasteiger partial charge in [-0.2, -0.15) is 0 Å². The van der Waals surface area contributed by atoms with Crippen molar-refractivity contribution < 1.29 is 9.53 Å². The molecule has 0 radical (unpaired) electrons. The molecule has 5 heteroatoms. The number of carbonyl (C=O) groups is 1. The Kier molecular flexibility index (Phi) is 3.71. The Bertz CT molecular complexity index is 688. The minimum absolute atomic E-state index is 0.168. The number of nitrogens with one attached hydrogen (secondary N) is 1. The fourth-order valence-electron chi connectivity index (χ4n) is 2.37. The second kappa shape index (κ2) is 5.66. The van der Waals surface area contributed by atoms with Crippen molar-refractivity contribution in [1.29, 1.82) is 0 Å². The van der Waals surface area contributed by atoms with Crippen molar-refractivity contribution in [3.05, 3.63) is 53.1 Å². The lowest BCUT2D eigenvalue weighted by molar-refractivity contribution is -0.122. The number of hydrogen-bond donors (Lipinski definition) is 2. The van der Waals surface area contributed by atoms with Gasteiger partial charge in [0.1, 0.15) is 5.75 Å². The van der Waals surface area contributed by atoms with Crippen LogP contribution in [0.15, 0.2) is 42.5 Å². The molecule has 0 aromatic heterocycles. The van der Waals surface area contributed by atoms with Crippen LogP contribution in [0.25, 0.3) is 0 Å². The van der Waals surface area contributed by atoms with Crippen LogP contribution in [0, 0.1) is 0 Å². The van der Waals surface area contributed by atoms with Gasteiger partial charge >= 0.3 is 0 Å². The smallest absolute Gasteiger partial charge is 0.265 e. The average Bonchev–Trinajstić information content (AvgIpc) is 2.62. The number of rotatable bonds is 2. The molecule has 0 bridgehead atoms. The van der Waals surface area contributed by atoms with Crippen LogP contribution in [0.5, 0.6) is 5.75 Å². The van der Waals surface area contributed by atoms with E-state index in [0.717, 1.165) is 17.7 Å². The molecule has 1 unspecified atom stereocenters. The summed E-state index contributed by atoms with van der Waals surface area (Å²) < 4.78 is 5.77. The van der Waals surface area contributed by atoms with E-state index < -0.39 is 6.10 Å². The number of halogens is 1. The molecule has 1 heterocycles. The molecule has 1 aliphatic rings. The molecule has 3 rings (SSSR count). The predicted molar refractivity (Wildman–Crippen MR) is 83.7 cm³/mol. The lowest BCUT2D eigenvalue weighted by atomic mass is 10.1. The minimum atomic E-state index is -0.586. The van der Waals surface area contributed by atoms with E-state index in [2.05, 4.69) is 5.32 Å². The molecule has 2 aromatic rings. The van der Waals surface area contributed by atoms with Crippen molar-refractivity contribution in [3.8, 4) is 5.75 Å². The molecule has 0 aliphatic carbocycles. The fourth-order valence-corrected chi connectivity index (χ4v) is 2.53. The molecule has 0 fully saturated rings. The first-order valence-corrected chi connectivity index (χ1v) is 7.12. The monoisotopic (exact) mass is 302 g/mol. The predicted octanol–water partition coefficient (Wildman–Crippen LogP) is 3.25. The molecular formula is C16H15ClN2O2. The molecule has 21 heavy (non-hydrogen) atoms. The number of carbonyl (C=O) groups excluding carboxylic acids is 1. The fraction of sp³-hybridized carbons (Fsp3) is 0.188. The van der Waals surface area contributed by atoms with Crippen LogP contribution < -0.4 is 15.8 Å². The summed E-state index contributed by atoms with van der Waals surface area (Å²) in [5.74, 6) is 0.265. The van der Waals surface area contributed by atoms with Gasteiger partial charge in [0, 0.05) is 17.4 Å². The molecule has 108 valence electrons. The molecule has 0 saturated heterocycles. The van der Waals surface area contributed by atoms with E-state index >= 15 is 0 Å². The van der Waals surface area contributed by atoms with Crippen molar-refractivity contribution >= 4 is 28.9 Å². The highest BCUT2D eigenvalue weighted by Gasteiger charge is 2.25. The highest BCUT2D eigenvalue weighted by molar-refractivity contribution is 6.32. The number of nitrogens with two attached hydrogens (primary N) is 1. The van der Waals surface area contributed by atoms with Crippen molar-refractivity contribution in [2.75, 3.05) is 11.1 Å². The Balaban J connectivity index is 1.81. The van der Waals surface area contributed by atoms with E-state index in [9.17, 15) is 4.79 Å². The molecule has 4 nitrogen and oxygen atoms in total. The van der Waals surface area contributed by atoms with Gasteiger partial charge in [-0.3, -0.25) is 4.79 Å². The van der Waals surface area contributed by atoms with Crippen LogP contribution >= 0.6 is 11.6 Å². The number of ether oxygens (including phenoxy) is 1. The standard InChI is InChI=1S/C16H15ClN2O2/c17-12-7-6-11(18)9-15(12)21-14-8-5-10-3-1-2-4-13(10)19-16(14)20/h1-4,6-7,9,14H,5,8,18H2,(H,19,20). The molecular weight excluding hydrogens is 288 g/mol. The molecule has 3 N–H and O–H groups in total. The number of para-hydroxylation sites is 1. The summed E-state index contributed by atoms with van der Waals surface area (Å²) in [4.78, 5) is 12.3. The maximum atomic E-state index is 12.3. The normalized spacial score (nSPS) is 17.6. The van der Waals surface area contributed by atoms with Crippen LogP contribution in [0.1, 0.15) is 12.0 Å². The maximum absolute atomic E-state index is 12.3. The van der Waals surface area contributed by atoms with Gasteiger partial charge in [0.05, 0.1) is 5.02 Å². The summed E-state index contributed by atoms with van der Waals surface area (Å²) in [6.45, 7) is 0. The van der Waals surface area contributed by atoms with Gasteiger partial charge in [-0.15, -0.1) is 0 Å². The number of benzene rings is 2. The van der Waals surface area contributed by atoms with E-state index in [0.29, 0.717) is 22.9 Å². The van der Waals surface area contributed by atoms with Gasteiger partial charge in [0.15, 0.2) is 6.10 Å². The summed E-state index contributed by atoms with van der Waals surface area (Å²) in [7, 11) is 0. The first kappa shape index (κ1) is 13.8. The number of anilines is 2. The topological polar surface area (TPSA) is 64.3 Å². The summed E-state index contributed by atoms with van der Waals surface area (Å²) in [5, 5.41) is 3.33. The first-order chi connectivity index (χ1) is 10.1. The number of aryl methyl sites for hydroxylation is 1. The van der Waals surface area contributed by atoms with Crippen molar-refractivity contribution in [2.24, 2.45) is 0 Å². The van der Waals surface area contributed by atoms with Crippen LogP contribution in [-0.4, -0.2) is 12.0 Å². The third-order valence-electron chi connectivity index (χ3n) is 3.47. The number of fused-ring (bicyclic) bond motifs is 1. The lowest BCUT2D eigenvalue weighted by Gasteiger charge is -2.17. The van der Waals surface area contributed by atoms with E-state index in [1.165, 1.54) is 0 Å². The number of nitrogen functional groups attached to an aromatic ring is 1. The third-order valence-corrected chi connectivity index (χ3v) is 3.78. The largest absolute Gasteiger partial charge is 0.479 e. The molecule has 0 spiro atoms. The van der Waals surface area contributed by atoms with Crippen molar-refractivity contribution in [2.45, 2.75) is 18.9 Å². The SMILES string of the molecule is Nc1ccc(Cl)c(OC2CCc3ccccc3NC2=O)c1. The average molecular weight is 303 g/mol. The molecule has 1 amide bonds. The zero-order chi connectivity index (χ0) is 14.8. The van der Waals surface area contributed by atoms with Crippen molar-refractivity contribution in [1.82, 2.24) is 0 Å². The zero-order valence-corrected chi connectivity index (χ0v) is 12.1. The van der Waals surface area contributed by atoms with E-state index in [1.807, 2.05) is 24.3 Å². The Labute approximate surface area is 127 Å². The minimum Gasteiger partial charge on any atom is -0.479 e. The third kappa shape index (κ3) is 2.95. The van der Waals surface area contributed by atoms with Crippen LogP contribution in [0.3, 0.4) is 0 Å². The van der Waals surface area contributed by atoms with E-state index in [4.69, 9.17) is 22.1 Å². The zero-order valence-electron chi connectivity index (χ0n) is 11.3. The van der Waals surface area contributed by atoms with Gasteiger partial charge in [0.25, 0.3) is 5.91 Å². The van der Waals surface area contributed by atoms with Crippen LogP contribution in [0.4, 0.5) is 11.4 Å². The Morgan fingerprint density at radius 2 is 2.05 bits per heavy atom. The van der Waals surface area contributed by atoms with Crippen LogP contribution in [-0.2, 0) is 11.2 Å². The van der Waals surface area contributed by atoms with Gasteiger partial charge in [-0.1, -0.05) is 29.8 Å². The number of hydrogen-bond acceptors (Lipinski definition) is 3. The second-order valence-corrected chi connectivity index (χ2v) is 5.39. The maximum Gasteiger partial charge on any atom is 0.265 e. The van der Waals surface area contributed by atoms with Gasteiger partial charge < -0.3 is 15.8 Å². The molecule has 1 atom stereocenters. The Morgan fingerprint density at radius 3 is 2.90 bits per heavy atom. The summed E-state index contributed by atoms with van der Waals surface area (Å²) in [5.41, 5.74) is 8.22. The van der Waals surface area contributed by atoms with Crippen molar-refractivity contribution in [3.63, 3.8) is 0 Å². The highest BCUT2D eigenvalue weighted by atomic mass is 35.5. The first-order valence-electron chi connectivity index (χ1n) is 6.74. The van der Waals surface area contributed by atoms with Gasteiger partial charge in [-0.25, -0.2) is 0 Å².